The first-order chi connectivity index (χ1) is 14.2. The molecule has 29 heavy (non-hydrogen) atoms. The average Bonchev–Trinajstić information content (AvgIpc) is 3.14. The second-order valence-corrected chi connectivity index (χ2v) is 7.36. The van der Waals surface area contributed by atoms with Crippen molar-refractivity contribution in [2.24, 2.45) is 0 Å². The van der Waals surface area contributed by atoms with Gasteiger partial charge in [0.2, 0.25) is 11.8 Å². The van der Waals surface area contributed by atoms with Crippen LogP contribution < -0.4 is 5.32 Å². The zero-order chi connectivity index (χ0) is 20.1. The number of rotatable bonds is 6. The lowest BCUT2D eigenvalue weighted by molar-refractivity contribution is -0.128. The third kappa shape index (κ3) is 4.54. The minimum absolute atomic E-state index is 0.0724. The molecule has 4 nitrogen and oxygen atoms in total. The molecule has 1 aliphatic heterocycles. The van der Waals surface area contributed by atoms with E-state index in [4.69, 9.17) is 0 Å². The molecule has 0 atom stereocenters. The van der Waals surface area contributed by atoms with Crippen LogP contribution in [0.15, 0.2) is 84.9 Å². The van der Waals surface area contributed by atoms with Crippen LogP contribution in [0.1, 0.15) is 35.4 Å². The molecule has 0 spiro atoms. The number of carbonyl (C=O) groups excluding carboxylic acids is 2. The van der Waals surface area contributed by atoms with Crippen LogP contribution in [0.4, 0.5) is 5.69 Å². The number of amides is 2. The molecule has 3 aromatic carbocycles. The van der Waals surface area contributed by atoms with E-state index in [0.29, 0.717) is 13.0 Å². The summed E-state index contributed by atoms with van der Waals surface area (Å²) < 4.78 is 0. The lowest BCUT2D eigenvalue weighted by Gasteiger charge is -2.19. The molecule has 4 rings (SSSR count). The second kappa shape index (κ2) is 8.74. The Hall–Kier alpha value is -3.40. The van der Waals surface area contributed by atoms with E-state index in [9.17, 15) is 9.59 Å². The Balaban J connectivity index is 1.55. The van der Waals surface area contributed by atoms with Crippen molar-refractivity contribution in [1.82, 2.24) is 4.90 Å². The van der Waals surface area contributed by atoms with Crippen LogP contribution in [0, 0.1) is 0 Å². The lowest BCUT2D eigenvalue weighted by atomic mass is 9.90. The van der Waals surface area contributed by atoms with E-state index in [0.717, 1.165) is 35.3 Å². The summed E-state index contributed by atoms with van der Waals surface area (Å²) in [5.74, 6) is -0.259. The normalized spacial score (nSPS) is 13.7. The molecule has 1 heterocycles. The number of nitrogens with zero attached hydrogens (tertiary/aromatic N) is 1. The van der Waals surface area contributed by atoms with Gasteiger partial charge < -0.3 is 10.2 Å². The van der Waals surface area contributed by atoms with Crippen molar-refractivity contribution < 1.29 is 9.59 Å². The monoisotopic (exact) mass is 384 g/mol. The van der Waals surface area contributed by atoms with Crippen LogP contribution in [0.25, 0.3) is 0 Å². The number of anilines is 1. The van der Waals surface area contributed by atoms with Gasteiger partial charge >= 0.3 is 0 Å². The summed E-state index contributed by atoms with van der Waals surface area (Å²) in [5.41, 5.74) is 3.68. The first-order valence-corrected chi connectivity index (χ1v) is 9.98. The summed E-state index contributed by atoms with van der Waals surface area (Å²) in [6, 6.07) is 27.4. The topological polar surface area (TPSA) is 49.4 Å². The summed E-state index contributed by atoms with van der Waals surface area (Å²) in [7, 11) is 0. The smallest absolute Gasteiger partial charge is 0.236 e. The summed E-state index contributed by atoms with van der Waals surface area (Å²) in [6.07, 6.45) is 1.55. The third-order valence-corrected chi connectivity index (χ3v) is 5.27. The Labute approximate surface area is 171 Å². The van der Waals surface area contributed by atoms with Gasteiger partial charge in [0.05, 0.1) is 5.92 Å². The predicted octanol–water partition coefficient (Wildman–Crippen LogP) is 4.58. The predicted molar refractivity (Wildman–Crippen MR) is 114 cm³/mol. The van der Waals surface area contributed by atoms with E-state index in [-0.39, 0.29) is 17.7 Å². The van der Waals surface area contributed by atoms with Gasteiger partial charge in [0.15, 0.2) is 0 Å². The molecule has 2 amide bonds. The molecule has 0 radical (unpaired) electrons. The summed E-state index contributed by atoms with van der Waals surface area (Å²) in [6.45, 7) is 1.39. The minimum Gasteiger partial charge on any atom is -0.338 e. The van der Waals surface area contributed by atoms with Gasteiger partial charge in [-0.1, -0.05) is 72.8 Å². The summed E-state index contributed by atoms with van der Waals surface area (Å²) >= 11 is 0. The van der Waals surface area contributed by atoms with E-state index >= 15 is 0 Å². The number of carbonyl (C=O) groups is 2. The van der Waals surface area contributed by atoms with Gasteiger partial charge in [-0.05, 0) is 35.2 Å². The molecule has 0 saturated carbocycles. The Kier molecular flexibility index (Phi) is 5.71. The van der Waals surface area contributed by atoms with E-state index in [1.54, 1.807) is 0 Å². The summed E-state index contributed by atoms with van der Waals surface area (Å²) in [5, 5.41) is 3.07. The quantitative estimate of drug-likeness (QED) is 0.676. The molecule has 1 saturated heterocycles. The molecule has 1 N–H and O–H groups in total. The van der Waals surface area contributed by atoms with Crippen LogP contribution in [-0.4, -0.2) is 23.3 Å². The summed E-state index contributed by atoms with van der Waals surface area (Å²) in [4.78, 5) is 27.0. The van der Waals surface area contributed by atoms with Crippen molar-refractivity contribution in [1.29, 1.82) is 0 Å². The van der Waals surface area contributed by atoms with Crippen molar-refractivity contribution >= 4 is 17.5 Å². The first kappa shape index (κ1) is 18.9. The maximum absolute atomic E-state index is 13.2. The van der Waals surface area contributed by atoms with Gasteiger partial charge in [-0.3, -0.25) is 9.59 Å². The van der Waals surface area contributed by atoms with E-state index in [1.807, 2.05) is 89.8 Å². The zero-order valence-electron chi connectivity index (χ0n) is 16.3. The van der Waals surface area contributed by atoms with Crippen molar-refractivity contribution in [3.05, 3.63) is 102 Å². The average molecular weight is 384 g/mol. The van der Waals surface area contributed by atoms with Gasteiger partial charge in [-0.2, -0.15) is 0 Å². The Bertz CT molecular complexity index is 946. The fourth-order valence-corrected chi connectivity index (χ4v) is 3.84. The molecule has 0 aromatic heterocycles. The molecule has 3 aromatic rings. The van der Waals surface area contributed by atoms with E-state index in [1.165, 1.54) is 0 Å². The zero-order valence-corrected chi connectivity index (χ0v) is 16.3. The van der Waals surface area contributed by atoms with Gasteiger partial charge in [-0.25, -0.2) is 0 Å². The number of hydrogen-bond donors (Lipinski definition) is 1. The Morgan fingerprint density at radius 2 is 1.55 bits per heavy atom. The van der Waals surface area contributed by atoms with E-state index < -0.39 is 0 Å². The van der Waals surface area contributed by atoms with Crippen LogP contribution in [0.5, 0.6) is 0 Å². The van der Waals surface area contributed by atoms with Crippen LogP contribution in [0.2, 0.25) is 0 Å². The fourth-order valence-electron chi connectivity index (χ4n) is 3.84. The maximum Gasteiger partial charge on any atom is 0.236 e. The largest absolute Gasteiger partial charge is 0.338 e. The number of hydrogen-bond acceptors (Lipinski definition) is 2. The van der Waals surface area contributed by atoms with Gasteiger partial charge in [-0.15, -0.1) is 0 Å². The van der Waals surface area contributed by atoms with Crippen molar-refractivity contribution in [2.75, 3.05) is 11.9 Å². The van der Waals surface area contributed by atoms with Gasteiger partial charge in [0.1, 0.15) is 0 Å². The minimum atomic E-state index is -0.388. The highest BCUT2D eigenvalue weighted by atomic mass is 16.2. The van der Waals surface area contributed by atoms with Crippen LogP contribution in [-0.2, 0) is 16.1 Å². The standard InChI is InChI=1S/C25H24N2O2/c28-23-15-8-16-27(23)18-19-9-7-14-22(17-19)26-25(29)24(20-10-3-1-4-11-20)21-12-5-2-6-13-21/h1-7,9-14,17,24H,8,15-16,18H2,(H,26,29). The molecule has 0 aliphatic carbocycles. The highest BCUT2D eigenvalue weighted by molar-refractivity contribution is 5.98. The SMILES string of the molecule is O=C(Nc1cccc(CN2CCCC2=O)c1)C(c1ccccc1)c1ccccc1. The highest BCUT2D eigenvalue weighted by Gasteiger charge is 2.23. The number of nitrogens with one attached hydrogen (secondary N) is 1. The van der Waals surface area contributed by atoms with Gasteiger partial charge in [0.25, 0.3) is 0 Å². The van der Waals surface area contributed by atoms with Crippen molar-refractivity contribution in [3.8, 4) is 0 Å². The third-order valence-electron chi connectivity index (χ3n) is 5.27. The highest BCUT2D eigenvalue weighted by Crippen LogP contribution is 2.26. The molecule has 0 unspecified atom stereocenters. The maximum atomic E-state index is 13.2. The van der Waals surface area contributed by atoms with E-state index in [2.05, 4.69) is 5.32 Å². The molecule has 1 fully saturated rings. The van der Waals surface area contributed by atoms with Crippen LogP contribution >= 0.6 is 0 Å². The second-order valence-electron chi connectivity index (χ2n) is 7.36. The Morgan fingerprint density at radius 3 is 2.14 bits per heavy atom. The lowest BCUT2D eigenvalue weighted by Crippen LogP contribution is -2.24. The molecular formula is C25H24N2O2. The van der Waals surface area contributed by atoms with Crippen LogP contribution in [0.3, 0.4) is 0 Å². The first-order valence-electron chi connectivity index (χ1n) is 9.98. The van der Waals surface area contributed by atoms with Crippen molar-refractivity contribution in [3.63, 3.8) is 0 Å². The molecule has 0 bridgehead atoms. The number of likely N-dealkylation sites (tertiary alicyclic amines) is 1. The molecule has 146 valence electrons. The molecule has 4 heteroatoms. The van der Waals surface area contributed by atoms with Crippen molar-refractivity contribution in [2.45, 2.75) is 25.3 Å². The molecular weight excluding hydrogens is 360 g/mol. The number of benzene rings is 3. The fraction of sp³-hybridized carbons (Fsp3) is 0.200. The Morgan fingerprint density at radius 1 is 0.897 bits per heavy atom. The molecule has 1 aliphatic rings. The van der Waals surface area contributed by atoms with Gasteiger partial charge in [0, 0.05) is 25.2 Å².